The van der Waals surface area contributed by atoms with Crippen molar-refractivity contribution in [1.29, 1.82) is 0 Å². The molecule has 0 unspecified atom stereocenters. The number of hydrogen-bond acceptors (Lipinski definition) is 6. The van der Waals surface area contributed by atoms with E-state index in [0.717, 1.165) is 21.8 Å². The van der Waals surface area contributed by atoms with E-state index in [1.165, 1.54) is 23.1 Å². The van der Waals surface area contributed by atoms with Crippen molar-refractivity contribution in [3.8, 4) is 0 Å². The summed E-state index contributed by atoms with van der Waals surface area (Å²) >= 11 is 2.80. The van der Waals surface area contributed by atoms with E-state index in [1.807, 2.05) is 30.3 Å². The zero-order valence-electron chi connectivity index (χ0n) is 16.1. The molecular formula is C20H23N3O4S2. The molecule has 1 aliphatic heterocycles. The first-order valence-electron chi connectivity index (χ1n) is 9.27. The summed E-state index contributed by atoms with van der Waals surface area (Å²) in [5.74, 6) is 0.241. The Balaban J connectivity index is 1.65. The van der Waals surface area contributed by atoms with Crippen LogP contribution in [0, 0.1) is 0 Å². The molecule has 1 aromatic heterocycles. The molecule has 0 aliphatic carbocycles. The number of fused-ring (bicyclic) bond motifs is 1. The van der Waals surface area contributed by atoms with Crippen LogP contribution in [0.4, 0.5) is 9.80 Å². The molecule has 7 nitrogen and oxygen atoms in total. The molecule has 3 rings (SSSR count). The molecule has 0 radical (unpaired) electrons. The fraction of sp³-hybridized carbons (Fsp3) is 0.350. The molecule has 3 N–H and O–H groups in total. The number of nitrogens with one attached hydrogen (secondary N) is 1. The van der Waals surface area contributed by atoms with Crippen LogP contribution in [-0.2, 0) is 28.2 Å². The fourth-order valence-corrected chi connectivity index (χ4v) is 5.19. The normalized spacial score (nSPS) is 12.9. The minimum Gasteiger partial charge on any atom is -0.450 e. The standard InChI is InChI=1S/C20H23N3O4S2/c1-2-27-20(26)23-9-8-14-15(10-23)29-19(17(14)18(21)25)22-16(24)12-28-11-13-6-4-3-5-7-13/h3-7H,2,8-12H2,1H3,(H2,21,25)(H,22,24). The van der Waals surface area contributed by atoms with E-state index in [-0.39, 0.29) is 17.8 Å². The van der Waals surface area contributed by atoms with Crippen LogP contribution in [0.3, 0.4) is 0 Å². The first-order chi connectivity index (χ1) is 14.0. The van der Waals surface area contributed by atoms with Gasteiger partial charge >= 0.3 is 6.09 Å². The molecule has 0 atom stereocenters. The molecule has 9 heteroatoms. The van der Waals surface area contributed by atoms with Crippen molar-refractivity contribution in [3.05, 3.63) is 51.9 Å². The maximum atomic E-state index is 12.4. The molecule has 0 saturated heterocycles. The number of carbonyl (C=O) groups is 3. The summed E-state index contributed by atoms with van der Waals surface area (Å²) < 4.78 is 5.05. The Morgan fingerprint density at radius 3 is 2.72 bits per heavy atom. The summed E-state index contributed by atoms with van der Waals surface area (Å²) in [6.45, 7) is 2.86. The van der Waals surface area contributed by atoms with Crippen LogP contribution in [0.25, 0.3) is 0 Å². The number of thioether (sulfide) groups is 1. The van der Waals surface area contributed by atoms with E-state index >= 15 is 0 Å². The Kier molecular flexibility index (Phi) is 7.16. The van der Waals surface area contributed by atoms with Gasteiger partial charge in [-0.05, 0) is 24.5 Å². The van der Waals surface area contributed by atoms with Crippen LogP contribution in [-0.4, -0.2) is 41.7 Å². The van der Waals surface area contributed by atoms with Gasteiger partial charge in [0.15, 0.2) is 0 Å². The number of ether oxygens (including phenoxy) is 1. The van der Waals surface area contributed by atoms with Crippen LogP contribution < -0.4 is 11.1 Å². The van der Waals surface area contributed by atoms with E-state index in [1.54, 1.807) is 11.8 Å². The second-order valence-corrected chi connectivity index (χ2v) is 8.56. The lowest BCUT2D eigenvalue weighted by molar-refractivity contribution is -0.113. The van der Waals surface area contributed by atoms with Gasteiger partial charge in [-0.25, -0.2) is 4.79 Å². The van der Waals surface area contributed by atoms with Crippen molar-refractivity contribution < 1.29 is 19.1 Å². The summed E-state index contributed by atoms with van der Waals surface area (Å²) in [4.78, 5) is 38.8. The van der Waals surface area contributed by atoms with E-state index < -0.39 is 5.91 Å². The summed E-state index contributed by atoms with van der Waals surface area (Å²) in [5, 5.41) is 3.28. The number of thiophene rings is 1. The fourth-order valence-electron chi connectivity index (χ4n) is 3.12. The van der Waals surface area contributed by atoms with Crippen LogP contribution in [0.1, 0.15) is 33.3 Å². The number of benzene rings is 1. The molecule has 0 saturated carbocycles. The molecule has 0 fully saturated rings. The molecule has 0 bridgehead atoms. The predicted molar refractivity (Wildman–Crippen MR) is 115 cm³/mol. The van der Waals surface area contributed by atoms with Gasteiger partial charge in [-0.2, -0.15) is 0 Å². The summed E-state index contributed by atoms with van der Waals surface area (Å²) in [6.07, 6.45) is 0.122. The maximum absolute atomic E-state index is 12.4. The summed E-state index contributed by atoms with van der Waals surface area (Å²) in [5.41, 5.74) is 7.90. The van der Waals surface area contributed by atoms with Crippen LogP contribution in [0.5, 0.6) is 0 Å². The number of rotatable bonds is 7. The number of primary amides is 1. The smallest absolute Gasteiger partial charge is 0.410 e. The minimum atomic E-state index is -0.570. The van der Waals surface area contributed by atoms with Crippen molar-refractivity contribution in [2.24, 2.45) is 5.73 Å². The average molecular weight is 434 g/mol. The molecule has 3 amide bonds. The Bertz CT molecular complexity index is 899. The van der Waals surface area contributed by atoms with E-state index in [0.29, 0.717) is 36.7 Å². The lowest BCUT2D eigenvalue weighted by Gasteiger charge is -2.26. The van der Waals surface area contributed by atoms with Crippen molar-refractivity contribution in [2.75, 3.05) is 24.2 Å². The monoisotopic (exact) mass is 433 g/mol. The van der Waals surface area contributed by atoms with Crippen molar-refractivity contribution in [1.82, 2.24) is 4.90 Å². The molecule has 1 aliphatic rings. The third-order valence-electron chi connectivity index (χ3n) is 4.43. The van der Waals surface area contributed by atoms with Gasteiger partial charge in [0.2, 0.25) is 5.91 Å². The largest absolute Gasteiger partial charge is 0.450 e. The molecule has 154 valence electrons. The first-order valence-corrected chi connectivity index (χ1v) is 11.2. The van der Waals surface area contributed by atoms with Gasteiger partial charge < -0.3 is 20.7 Å². The zero-order chi connectivity index (χ0) is 20.8. The third-order valence-corrected chi connectivity index (χ3v) is 6.56. The van der Waals surface area contributed by atoms with E-state index in [9.17, 15) is 14.4 Å². The number of nitrogens with zero attached hydrogens (tertiary/aromatic N) is 1. The van der Waals surface area contributed by atoms with E-state index in [4.69, 9.17) is 10.5 Å². The minimum absolute atomic E-state index is 0.186. The number of carbonyl (C=O) groups excluding carboxylic acids is 3. The van der Waals surface area contributed by atoms with Crippen molar-refractivity contribution in [2.45, 2.75) is 25.6 Å². The van der Waals surface area contributed by atoms with Gasteiger partial charge in [-0.1, -0.05) is 30.3 Å². The van der Waals surface area contributed by atoms with Gasteiger partial charge in [0.1, 0.15) is 5.00 Å². The van der Waals surface area contributed by atoms with Gasteiger partial charge in [0.05, 0.1) is 24.5 Å². The SMILES string of the molecule is CCOC(=O)N1CCc2c(sc(NC(=O)CSCc3ccccc3)c2C(N)=O)C1. The topological polar surface area (TPSA) is 102 Å². The van der Waals surface area contributed by atoms with Crippen molar-refractivity contribution in [3.63, 3.8) is 0 Å². The third kappa shape index (κ3) is 5.30. The molecule has 2 heterocycles. The van der Waals surface area contributed by atoms with Crippen LogP contribution in [0.15, 0.2) is 30.3 Å². The maximum Gasteiger partial charge on any atom is 0.410 e. The lowest BCUT2D eigenvalue weighted by Crippen LogP contribution is -2.36. The second kappa shape index (κ2) is 9.80. The molecule has 2 aromatic rings. The van der Waals surface area contributed by atoms with Gasteiger partial charge in [-0.15, -0.1) is 23.1 Å². The van der Waals surface area contributed by atoms with Gasteiger partial charge in [-0.3, -0.25) is 9.59 Å². The zero-order valence-corrected chi connectivity index (χ0v) is 17.7. The highest BCUT2D eigenvalue weighted by atomic mass is 32.2. The van der Waals surface area contributed by atoms with Crippen molar-refractivity contribution >= 4 is 46.0 Å². The van der Waals surface area contributed by atoms with Crippen LogP contribution in [0.2, 0.25) is 0 Å². The highest BCUT2D eigenvalue weighted by molar-refractivity contribution is 7.99. The average Bonchev–Trinajstić information content (AvgIpc) is 3.06. The Labute approximate surface area is 177 Å². The highest BCUT2D eigenvalue weighted by Gasteiger charge is 2.29. The number of hydrogen-bond donors (Lipinski definition) is 2. The molecule has 29 heavy (non-hydrogen) atoms. The van der Waals surface area contributed by atoms with Gasteiger partial charge in [0, 0.05) is 17.2 Å². The molecule has 0 spiro atoms. The van der Waals surface area contributed by atoms with Gasteiger partial charge in [0.25, 0.3) is 5.91 Å². The predicted octanol–water partition coefficient (Wildman–Crippen LogP) is 3.23. The van der Waals surface area contributed by atoms with E-state index in [2.05, 4.69) is 5.32 Å². The Morgan fingerprint density at radius 2 is 2.03 bits per heavy atom. The molecular weight excluding hydrogens is 410 g/mol. The number of nitrogens with two attached hydrogens (primary N) is 1. The highest BCUT2D eigenvalue weighted by Crippen LogP contribution is 2.37. The summed E-state index contributed by atoms with van der Waals surface area (Å²) in [7, 11) is 0. The number of anilines is 1. The quantitative estimate of drug-likeness (QED) is 0.698. The Morgan fingerprint density at radius 1 is 1.28 bits per heavy atom. The molecule has 1 aromatic carbocycles. The first kappa shape index (κ1) is 21.2. The van der Waals surface area contributed by atoms with Crippen LogP contribution >= 0.6 is 23.1 Å². The Hall–Kier alpha value is -2.52. The number of amides is 3. The lowest BCUT2D eigenvalue weighted by atomic mass is 10.0. The summed E-state index contributed by atoms with van der Waals surface area (Å²) in [6, 6.07) is 9.90. The second-order valence-electron chi connectivity index (χ2n) is 6.47.